The Hall–Kier alpha value is -2.11. The van der Waals surface area contributed by atoms with Crippen LogP contribution in [0.5, 0.6) is 0 Å². The molecule has 0 aliphatic rings. The van der Waals surface area contributed by atoms with Crippen LogP contribution in [-0.2, 0) is 4.79 Å². The fraction of sp³-hybridized carbons (Fsp3) is 0.462. The van der Waals surface area contributed by atoms with Gasteiger partial charge in [-0.3, -0.25) is 9.59 Å². The second-order valence-corrected chi connectivity index (χ2v) is 3.92. The molecule has 0 saturated heterocycles. The lowest BCUT2D eigenvalue weighted by molar-refractivity contribution is -0.120. The van der Waals surface area contributed by atoms with Gasteiger partial charge in [0.1, 0.15) is 5.82 Å². The van der Waals surface area contributed by atoms with E-state index in [-0.39, 0.29) is 18.2 Å². The Balaban J connectivity index is 2.44. The summed E-state index contributed by atoms with van der Waals surface area (Å²) in [4.78, 5) is 27.1. The van der Waals surface area contributed by atoms with E-state index in [1.54, 1.807) is 18.3 Å². The van der Waals surface area contributed by atoms with Crippen molar-refractivity contribution in [2.75, 3.05) is 25.0 Å². The number of pyridine rings is 1. The van der Waals surface area contributed by atoms with E-state index in [9.17, 15) is 9.59 Å². The van der Waals surface area contributed by atoms with Gasteiger partial charge in [0.05, 0.1) is 0 Å². The van der Waals surface area contributed by atoms with Crippen LogP contribution in [0, 0.1) is 0 Å². The van der Waals surface area contributed by atoms with Crippen LogP contribution >= 0.6 is 0 Å². The van der Waals surface area contributed by atoms with E-state index in [1.807, 2.05) is 13.8 Å². The highest BCUT2D eigenvalue weighted by Crippen LogP contribution is 2.06. The maximum atomic E-state index is 11.8. The zero-order valence-corrected chi connectivity index (χ0v) is 11.3. The van der Waals surface area contributed by atoms with Gasteiger partial charge in [0.2, 0.25) is 5.91 Å². The fourth-order valence-corrected chi connectivity index (χ4v) is 1.53. The highest BCUT2D eigenvalue weighted by atomic mass is 16.2. The Labute approximate surface area is 113 Å². The number of nitrogens with zero attached hydrogens (tertiary/aromatic N) is 1. The Morgan fingerprint density at radius 3 is 2.68 bits per heavy atom. The SMILES string of the molecule is CCNC(=O)CCNC(=O)c1ccnc(NCC)c1. The lowest BCUT2D eigenvalue weighted by atomic mass is 10.2. The molecule has 104 valence electrons. The first-order chi connectivity index (χ1) is 9.17. The Morgan fingerprint density at radius 1 is 1.21 bits per heavy atom. The molecule has 0 unspecified atom stereocenters. The highest BCUT2D eigenvalue weighted by Gasteiger charge is 2.07. The first kappa shape index (κ1) is 14.9. The van der Waals surface area contributed by atoms with Gasteiger partial charge >= 0.3 is 0 Å². The molecule has 1 rings (SSSR count). The molecular weight excluding hydrogens is 244 g/mol. The van der Waals surface area contributed by atoms with Gasteiger partial charge < -0.3 is 16.0 Å². The summed E-state index contributed by atoms with van der Waals surface area (Å²) in [5.41, 5.74) is 0.529. The molecule has 1 aromatic rings. The first-order valence-electron chi connectivity index (χ1n) is 6.42. The number of carbonyl (C=O) groups is 2. The maximum absolute atomic E-state index is 11.8. The van der Waals surface area contributed by atoms with Crippen LogP contribution in [0.3, 0.4) is 0 Å². The summed E-state index contributed by atoms with van der Waals surface area (Å²) in [6.07, 6.45) is 1.86. The molecule has 0 atom stereocenters. The molecular formula is C13H20N4O2. The summed E-state index contributed by atoms with van der Waals surface area (Å²) in [6.45, 7) is 5.48. The van der Waals surface area contributed by atoms with Gasteiger partial charge in [-0.25, -0.2) is 4.98 Å². The quantitative estimate of drug-likeness (QED) is 0.679. The second-order valence-electron chi connectivity index (χ2n) is 3.92. The molecule has 0 bridgehead atoms. The van der Waals surface area contributed by atoms with E-state index in [1.165, 1.54) is 0 Å². The van der Waals surface area contributed by atoms with Crippen LogP contribution in [0.4, 0.5) is 5.82 Å². The standard InChI is InChI=1S/C13H20N4O2/c1-3-14-11-9-10(5-7-16-11)13(19)17-8-6-12(18)15-4-2/h5,7,9H,3-4,6,8H2,1-2H3,(H,14,16)(H,15,18)(H,17,19). The van der Waals surface area contributed by atoms with Crippen LogP contribution in [0.2, 0.25) is 0 Å². The Kier molecular flexibility index (Phi) is 6.35. The smallest absolute Gasteiger partial charge is 0.251 e. The van der Waals surface area contributed by atoms with Crippen molar-refractivity contribution in [3.8, 4) is 0 Å². The molecule has 3 N–H and O–H groups in total. The third-order valence-electron chi connectivity index (χ3n) is 2.39. The number of hydrogen-bond acceptors (Lipinski definition) is 4. The van der Waals surface area contributed by atoms with Crippen LogP contribution in [0.25, 0.3) is 0 Å². The monoisotopic (exact) mass is 264 g/mol. The van der Waals surface area contributed by atoms with Crippen molar-refractivity contribution in [1.29, 1.82) is 0 Å². The molecule has 0 aliphatic heterocycles. The number of anilines is 1. The number of hydrogen-bond donors (Lipinski definition) is 3. The summed E-state index contributed by atoms with van der Waals surface area (Å²) in [5.74, 6) is 0.399. The van der Waals surface area contributed by atoms with E-state index in [0.717, 1.165) is 6.54 Å². The van der Waals surface area contributed by atoms with Gasteiger partial charge in [-0.05, 0) is 26.0 Å². The Bertz CT molecular complexity index is 434. The number of rotatable bonds is 7. The molecule has 0 aromatic carbocycles. The molecule has 0 saturated carbocycles. The third kappa shape index (κ3) is 5.37. The normalized spacial score (nSPS) is 9.79. The lowest BCUT2D eigenvalue weighted by Crippen LogP contribution is -2.30. The molecule has 1 aromatic heterocycles. The molecule has 6 heteroatoms. The second kappa shape index (κ2) is 8.07. The lowest BCUT2D eigenvalue weighted by Gasteiger charge is -2.07. The first-order valence-corrected chi connectivity index (χ1v) is 6.42. The van der Waals surface area contributed by atoms with Crippen LogP contribution in [0.15, 0.2) is 18.3 Å². The van der Waals surface area contributed by atoms with E-state index in [0.29, 0.717) is 24.5 Å². The summed E-state index contributed by atoms with van der Waals surface area (Å²) in [5, 5.41) is 8.42. The van der Waals surface area contributed by atoms with Crippen LogP contribution in [-0.4, -0.2) is 36.4 Å². The molecule has 2 amide bonds. The number of nitrogens with one attached hydrogen (secondary N) is 3. The largest absolute Gasteiger partial charge is 0.370 e. The predicted octanol–water partition coefficient (Wildman–Crippen LogP) is 0.769. The van der Waals surface area contributed by atoms with Crippen molar-refractivity contribution in [2.24, 2.45) is 0 Å². The van der Waals surface area contributed by atoms with Crippen LogP contribution in [0.1, 0.15) is 30.6 Å². The molecule has 0 spiro atoms. The minimum Gasteiger partial charge on any atom is -0.370 e. The zero-order chi connectivity index (χ0) is 14.1. The van der Waals surface area contributed by atoms with Crippen molar-refractivity contribution in [1.82, 2.24) is 15.6 Å². The number of amides is 2. The summed E-state index contributed by atoms with van der Waals surface area (Å²) >= 11 is 0. The highest BCUT2D eigenvalue weighted by molar-refractivity contribution is 5.95. The summed E-state index contributed by atoms with van der Waals surface area (Å²) in [6, 6.07) is 3.33. The predicted molar refractivity (Wildman–Crippen MR) is 74.0 cm³/mol. The molecule has 1 heterocycles. The maximum Gasteiger partial charge on any atom is 0.251 e. The average Bonchev–Trinajstić information content (AvgIpc) is 2.39. The van der Waals surface area contributed by atoms with Gasteiger partial charge in [0.15, 0.2) is 0 Å². The summed E-state index contributed by atoms with van der Waals surface area (Å²) < 4.78 is 0. The number of carbonyl (C=O) groups excluding carboxylic acids is 2. The minimum absolute atomic E-state index is 0.0640. The Morgan fingerprint density at radius 2 is 2.00 bits per heavy atom. The molecule has 19 heavy (non-hydrogen) atoms. The van der Waals surface area contributed by atoms with Gasteiger partial charge in [0.25, 0.3) is 5.91 Å². The molecule has 0 radical (unpaired) electrons. The minimum atomic E-state index is -0.203. The van der Waals surface area contributed by atoms with E-state index < -0.39 is 0 Å². The van der Waals surface area contributed by atoms with Gasteiger partial charge in [0, 0.05) is 37.8 Å². The van der Waals surface area contributed by atoms with Crippen molar-refractivity contribution >= 4 is 17.6 Å². The van der Waals surface area contributed by atoms with E-state index in [2.05, 4.69) is 20.9 Å². The van der Waals surface area contributed by atoms with Gasteiger partial charge in [-0.15, -0.1) is 0 Å². The fourth-order valence-electron chi connectivity index (χ4n) is 1.53. The molecule has 0 aliphatic carbocycles. The van der Waals surface area contributed by atoms with Crippen molar-refractivity contribution in [2.45, 2.75) is 20.3 Å². The molecule has 6 nitrogen and oxygen atoms in total. The third-order valence-corrected chi connectivity index (χ3v) is 2.39. The van der Waals surface area contributed by atoms with Crippen molar-refractivity contribution < 1.29 is 9.59 Å². The number of aromatic nitrogens is 1. The average molecular weight is 264 g/mol. The van der Waals surface area contributed by atoms with E-state index >= 15 is 0 Å². The topological polar surface area (TPSA) is 83.1 Å². The van der Waals surface area contributed by atoms with Crippen LogP contribution < -0.4 is 16.0 Å². The van der Waals surface area contributed by atoms with Crippen molar-refractivity contribution in [3.63, 3.8) is 0 Å². The summed E-state index contributed by atoms with van der Waals surface area (Å²) in [7, 11) is 0. The van der Waals surface area contributed by atoms with E-state index in [4.69, 9.17) is 0 Å². The van der Waals surface area contributed by atoms with Crippen molar-refractivity contribution in [3.05, 3.63) is 23.9 Å². The molecule has 0 fully saturated rings. The zero-order valence-electron chi connectivity index (χ0n) is 11.3. The van der Waals surface area contributed by atoms with Gasteiger partial charge in [-0.2, -0.15) is 0 Å². The van der Waals surface area contributed by atoms with Gasteiger partial charge in [-0.1, -0.05) is 0 Å².